The normalized spacial score (nSPS) is 11.1. The molecule has 1 aromatic carbocycles. The molecular weight excluding hydrogens is 282 g/mol. The van der Waals surface area contributed by atoms with Crippen LogP contribution < -0.4 is 5.32 Å². The Hall–Kier alpha value is -1.45. The molecule has 112 valence electrons. The van der Waals surface area contributed by atoms with E-state index in [0.29, 0.717) is 11.1 Å². The van der Waals surface area contributed by atoms with Gasteiger partial charge in [-0.05, 0) is 44.5 Å². The number of aryl methyl sites for hydroxylation is 2. The van der Waals surface area contributed by atoms with Gasteiger partial charge in [0.15, 0.2) is 5.82 Å². The summed E-state index contributed by atoms with van der Waals surface area (Å²) in [7, 11) is 0. The summed E-state index contributed by atoms with van der Waals surface area (Å²) < 4.78 is 0. The minimum Gasteiger partial charge on any atom is -0.314 e. The molecule has 0 spiro atoms. The largest absolute Gasteiger partial charge is 0.314 e. The van der Waals surface area contributed by atoms with Crippen molar-refractivity contribution >= 4 is 11.6 Å². The number of nitrogens with zero attached hydrogens (tertiary/aromatic N) is 2. The van der Waals surface area contributed by atoms with Crippen LogP contribution in [0.4, 0.5) is 0 Å². The van der Waals surface area contributed by atoms with Gasteiger partial charge in [0.05, 0.1) is 0 Å². The van der Waals surface area contributed by atoms with Crippen LogP contribution in [0.3, 0.4) is 0 Å². The lowest BCUT2D eigenvalue weighted by molar-refractivity contribution is 0.588. The Morgan fingerprint density at radius 2 is 1.81 bits per heavy atom. The van der Waals surface area contributed by atoms with E-state index < -0.39 is 0 Å². The van der Waals surface area contributed by atoms with Crippen LogP contribution in [0.2, 0.25) is 5.02 Å². The molecule has 21 heavy (non-hydrogen) atoms. The van der Waals surface area contributed by atoms with E-state index in [0.717, 1.165) is 35.7 Å². The molecule has 0 amide bonds. The minimum atomic E-state index is 0.497. The van der Waals surface area contributed by atoms with Gasteiger partial charge in [-0.3, -0.25) is 0 Å². The minimum absolute atomic E-state index is 0.497. The van der Waals surface area contributed by atoms with Crippen molar-refractivity contribution in [2.24, 2.45) is 0 Å². The Kier molecular flexibility index (Phi) is 5.32. The second-order valence-electron chi connectivity index (χ2n) is 5.57. The molecule has 1 N–H and O–H groups in total. The second kappa shape index (κ2) is 7.01. The Morgan fingerprint density at radius 1 is 1.14 bits per heavy atom. The van der Waals surface area contributed by atoms with Gasteiger partial charge < -0.3 is 5.32 Å². The third kappa shape index (κ3) is 4.26. The van der Waals surface area contributed by atoms with Crippen LogP contribution in [0.15, 0.2) is 24.3 Å². The molecule has 0 radical (unpaired) electrons. The highest BCUT2D eigenvalue weighted by Gasteiger charge is 2.10. The summed E-state index contributed by atoms with van der Waals surface area (Å²) in [5.41, 5.74) is 4.28. The SMILES string of the molecule is Cc1nc(-c2cccc(Cl)c2)nc(C)c1CCNC(C)C. The maximum Gasteiger partial charge on any atom is 0.159 e. The lowest BCUT2D eigenvalue weighted by atomic mass is 10.1. The highest BCUT2D eigenvalue weighted by molar-refractivity contribution is 6.30. The summed E-state index contributed by atoms with van der Waals surface area (Å²) in [4.78, 5) is 9.29. The molecule has 0 saturated heterocycles. The maximum atomic E-state index is 6.04. The predicted octanol–water partition coefficient (Wildman–Crippen LogP) is 3.95. The van der Waals surface area contributed by atoms with E-state index in [2.05, 4.69) is 29.1 Å². The van der Waals surface area contributed by atoms with Crippen molar-refractivity contribution in [1.29, 1.82) is 0 Å². The van der Waals surface area contributed by atoms with E-state index in [4.69, 9.17) is 11.6 Å². The Labute approximate surface area is 131 Å². The third-order valence-electron chi connectivity index (χ3n) is 3.43. The van der Waals surface area contributed by atoms with Crippen molar-refractivity contribution < 1.29 is 0 Å². The van der Waals surface area contributed by atoms with E-state index in [9.17, 15) is 0 Å². The highest BCUT2D eigenvalue weighted by atomic mass is 35.5. The lowest BCUT2D eigenvalue weighted by Gasteiger charge is -2.13. The summed E-state index contributed by atoms with van der Waals surface area (Å²) in [6, 6.07) is 8.16. The number of rotatable bonds is 5. The van der Waals surface area contributed by atoms with E-state index in [-0.39, 0.29) is 0 Å². The van der Waals surface area contributed by atoms with Crippen LogP contribution in [-0.2, 0) is 6.42 Å². The average Bonchev–Trinajstić information content (AvgIpc) is 2.41. The Morgan fingerprint density at radius 3 is 2.38 bits per heavy atom. The zero-order valence-corrected chi connectivity index (χ0v) is 13.8. The first-order valence-corrected chi connectivity index (χ1v) is 7.68. The molecule has 0 aliphatic carbocycles. The molecule has 0 unspecified atom stereocenters. The standard InChI is InChI=1S/C17H22ClN3/c1-11(2)19-9-8-16-12(3)20-17(21-13(16)4)14-6-5-7-15(18)10-14/h5-7,10-11,19H,8-9H2,1-4H3. The summed E-state index contributed by atoms with van der Waals surface area (Å²) in [6.07, 6.45) is 0.950. The highest BCUT2D eigenvalue weighted by Crippen LogP contribution is 2.22. The van der Waals surface area contributed by atoms with E-state index in [1.54, 1.807) is 0 Å². The number of benzene rings is 1. The molecule has 1 aromatic heterocycles. The second-order valence-corrected chi connectivity index (χ2v) is 6.00. The van der Waals surface area contributed by atoms with Gasteiger partial charge in [0.2, 0.25) is 0 Å². The van der Waals surface area contributed by atoms with Gasteiger partial charge in [-0.1, -0.05) is 37.6 Å². The van der Waals surface area contributed by atoms with Crippen LogP contribution in [-0.4, -0.2) is 22.6 Å². The van der Waals surface area contributed by atoms with Gasteiger partial charge in [0, 0.05) is 28.0 Å². The smallest absolute Gasteiger partial charge is 0.159 e. The molecule has 2 aromatic rings. The van der Waals surface area contributed by atoms with Crippen LogP contribution in [0.1, 0.15) is 30.8 Å². The molecule has 0 aliphatic rings. The van der Waals surface area contributed by atoms with Gasteiger partial charge in [-0.15, -0.1) is 0 Å². The van der Waals surface area contributed by atoms with Crippen molar-refractivity contribution in [1.82, 2.24) is 15.3 Å². The van der Waals surface area contributed by atoms with Crippen LogP contribution in [0, 0.1) is 13.8 Å². The molecule has 4 heteroatoms. The Balaban J connectivity index is 2.24. The van der Waals surface area contributed by atoms with Crippen molar-refractivity contribution in [2.45, 2.75) is 40.2 Å². The Bertz CT molecular complexity index is 600. The zero-order valence-electron chi connectivity index (χ0n) is 13.1. The molecular formula is C17H22ClN3. The van der Waals surface area contributed by atoms with Gasteiger partial charge in [0.1, 0.15) is 0 Å². The molecule has 0 fully saturated rings. The number of aromatic nitrogens is 2. The first-order chi connectivity index (χ1) is 9.97. The quantitative estimate of drug-likeness (QED) is 0.908. The number of hydrogen-bond acceptors (Lipinski definition) is 3. The molecule has 0 bridgehead atoms. The van der Waals surface area contributed by atoms with E-state index in [1.807, 2.05) is 38.1 Å². The van der Waals surface area contributed by atoms with E-state index >= 15 is 0 Å². The fourth-order valence-corrected chi connectivity index (χ4v) is 2.53. The molecule has 0 saturated carbocycles. The van der Waals surface area contributed by atoms with Crippen molar-refractivity contribution in [2.75, 3.05) is 6.54 Å². The molecule has 2 rings (SSSR count). The molecule has 3 nitrogen and oxygen atoms in total. The number of halogens is 1. The fourth-order valence-electron chi connectivity index (χ4n) is 2.34. The summed E-state index contributed by atoms with van der Waals surface area (Å²) >= 11 is 6.04. The predicted molar refractivity (Wildman–Crippen MR) is 88.8 cm³/mol. The topological polar surface area (TPSA) is 37.8 Å². The monoisotopic (exact) mass is 303 g/mol. The third-order valence-corrected chi connectivity index (χ3v) is 3.67. The molecule has 1 heterocycles. The summed E-state index contributed by atoms with van der Waals surface area (Å²) in [5, 5.41) is 4.13. The number of nitrogens with one attached hydrogen (secondary N) is 1. The fraction of sp³-hybridized carbons (Fsp3) is 0.412. The van der Waals surface area contributed by atoms with Gasteiger partial charge in [0.25, 0.3) is 0 Å². The van der Waals surface area contributed by atoms with Gasteiger partial charge >= 0.3 is 0 Å². The first-order valence-electron chi connectivity index (χ1n) is 7.31. The van der Waals surface area contributed by atoms with Crippen LogP contribution >= 0.6 is 11.6 Å². The van der Waals surface area contributed by atoms with Crippen molar-refractivity contribution in [3.05, 3.63) is 46.2 Å². The van der Waals surface area contributed by atoms with Crippen molar-refractivity contribution in [3.63, 3.8) is 0 Å². The molecule has 0 aliphatic heterocycles. The van der Waals surface area contributed by atoms with Crippen LogP contribution in [0.25, 0.3) is 11.4 Å². The molecule has 0 atom stereocenters. The average molecular weight is 304 g/mol. The first kappa shape index (κ1) is 15.9. The van der Waals surface area contributed by atoms with Gasteiger partial charge in [-0.25, -0.2) is 9.97 Å². The van der Waals surface area contributed by atoms with Gasteiger partial charge in [-0.2, -0.15) is 0 Å². The summed E-state index contributed by atoms with van der Waals surface area (Å²) in [5.74, 6) is 0.744. The summed E-state index contributed by atoms with van der Waals surface area (Å²) in [6.45, 7) is 9.34. The van der Waals surface area contributed by atoms with E-state index in [1.165, 1.54) is 5.56 Å². The van der Waals surface area contributed by atoms with Crippen molar-refractivity contribution in [3.8, 4) is 11.4 Å². The van der Waals surface area contributed by atoms with Crippen LogP contribution in [0.5, 0.6) is 0 Å². The number of hydrogen-bond donors (Lipinski definition) is 1. The zero-order chi connectivity index (χ0) is 15.4. The lowest BCUT2D eigenvalue weighted by Crippen LogP contribution is -2.25. The maximum absolute atomic E-state index is 6.04.